The first-order valence-corrected chi connectivity index (χ1v) is 14.1. The predicted molar refractivity (Wildman–Crippen MR) is 159 cm³/mol. The van der Waals surface area contributed by atoms with Gasteiger partial charge in [-0.1, -0.05) is 50.1 Å². The van der Waals surface area contributed by atoms with Crippen LogP contribution in [0.4, 0.5) is 5.13 Å². The van der Waals surface area contributed by atoms with Gasteiger partial charge in [0.25, 0.3) is 0 Å². The van der Waals surface area contributed by atoms with Gasteiger partial charge in [-0.3, -0.25) is 9.83 Å². The standard InChI is InChI=1S/C26H14Br3N5O2S/c27-16-6-4-14(5-7-16)23-21(34-8-2-1-3-22(34)32-23)12-30-33-26-31-20(13-37-26)18-10-15-9-17(28)11-19(29)24(15)36-25(18)35/h1-13H,(H,31,33)/b30-12+. The molecule has 0 fully saturated rings. The summed E-state index contributed by atoms with van der Waals surface area (Å²) < 4.78 is 10.1. The lowest BCUT2D eigenvalue weighted by Crippen LogP contribution is -2.03. The van der Waals surface area contributed by atoms with Crippen LogP contribution in [0.25, 0.3) is 39.1 Å². The minimum atomic E-state index is -0.458. The third-order valence-corrected chi connectivity index (χ3v) is 7.89. The van der Waals surface area contributed by atoms with Crippen LogP contribution in [0.1, 0.15) is 5.69 Å². The number of halogens is 3. The number of nitrogens with zero attached hydrogens (tertiary/aromatic N) is 4. The normalized spacial score (nSPS) is 11.6. The van der Waals surface area contributed by atoms with E-state index in [9.17, 15) is 4.79 Å². The Morgan fingerprint density at radius 2 is 1.84 bits per heavy atom. The molecule has 4 aromatic heterocycles. The minimum absolute atomic E-state index is 0.380. The van der Waals surface area contributed by atoms with Crippen molar-refractivity contribution in [1.82, 2.24) is 14.4 Å². The zero-order valence-corrected chi connectivity index (χ0v) is 24.2. The van der Waals surface area contributed by atoms with E-state index in [0.717, 1.165) is 36.9 Å². The van der Waals surface area contributed by atoms with E-state index in [1.165, 1.54) is 11.3 Å². The van der Waals surface area contributed by atoms with Gasteiger partial charge in [-0.15, -0.1) is 11.3 Å². The minimum Gasteiger partial charge on any atom is -0.421 e. The fourth-order valence-electron chi connectivity index (χ4n) is 3.89. The summed E-state index contributed by atoms with van der Waals surface area (Å²) >= 11 is 11.7. The molecule has 4 heterocycles. The molecular weight excluding hydrogens is 686 g/mol. The lowest BCUT2D eigenvalue weighted by molar-refractivity contribution is 0.561. The summed E-state index contributed by atoms with van der Waals surface area (Å²) in [5.41, 5.74) is 7.35. The molecule has 0 aliphatic rings. The van der Waals surface area contributed by atoms with Crippen molar-refractivity contribution in [3.8, 4) is 22.5 Å². The van der Waals surface area contributed by atoms with Crippen molar-refractivity contribution in [2.45, 2.75) is 0 Å². The molecule has 0 saturated carbocycles. The molecule has 182 valence electrons. The number of rotatable bonds is 5. The van der Waals surface area contributed by atoms with Crippen LogP contribution in [-0.2, 0) is 0 Å². The van der Waals surface area contributed by atoms with Crippen molar-refractivity contribution >= 4 is 87.1 Å². The summed E-state index contributed by atoms with van der Waals surface area (Å²) in [6.45, 7) is 0. The fourth-order valence-corrected chi connectivity index (χ4v) is 6.15. The van der Waals surface area contributed by atoms with Gasteiger partial charge in [-0.2, -0.15) is 5.10 Å². The second-order valence-corrected chi connectivity index (χ2v) is 11.5. The fraction of sp³-hybridized carbons (Fsp3) is 0. The molecular formula is C26H14Br3N5O2S. The molecule has 2 aromatic carbocycles. The summed E-state index contributed by atoms with van der Waals surface area (Å²) in [6.07, 6.45) is 3.67. The van der Waals surface area contributed by atoms with Crippen molar-refractivity contribution in [1.29, 1.82) is 0 Å². The number of imidazole rings is 1. The Labute approximate surface area is 239 Å². The molecule has 6 rings (SSSR count). The quantitative estimate of drug-likeness (QED) is 0.112. The summed E-state index contributed by atoms with van der Waals surface area (Å²) in [6, 6.07) is 19.3. The average molecular weight is 700 g/mol. The average Bonchev–Trinajstić information content (AvgIpc) is 3.50. The number of hydrogen-bond donors (Lipinski definition) is 1. The van der Waals surface area contributed by atoms with E-state index in [2.05, 4.69) is 63.3 Å². The number of benzene rings is 2. The van der Waals surface area contributed by atoms with Crippen LogP contribution in [0.5, 0.6) is 0 Å². The van der Waals surface area contributed by atoms with Crippen LogP contribution < -0.4 is 11.1 Å². The lowest BCUT2D eigenvalue weighted by Gasteiger charge is -2.03. The summed E-state index contributed by atoms with van der Waals surface area (Å²) in [5.74, 6) is 0. The molecule has 0 atom stereocenters. The molecule has 7 nitrogen and oxygen atoms in total. The van der Waals surface area contributed by atoms with Crippen LogP contribution in [0.15, 0.2) is 100.0 Å². The molecule has 0 radical (unpaired) electrons. The highest BCUT2D eigenvalue weighted by Gasteiger charge is 2.15. The second-order valence-electron chi connectivity index (χ2n) is 7.94. The van der Waals surface area contributed by atoms with Crippen molar-refractivity contribution in [2.24, 2.45) is 5.10 Å². The number of pyridine rings is 1. The Morgan fingerprint density at radius 3 is 2.68 bits per heavy atom. The lowest BCUT2D eigenvalue weighted by atomic mass is 10.1. The van der Waals surface area contributed by atoms with Crippen LogP contribution in [0, 0.1) is 0 Å². The maximum Gasteiger partial charge on any atom is 0.345 e. The van der Waals surface area contributed by atoms with E-state index < -0.39 is 5.63 Å². The van der Waals surface area contributed by atoms with E-state index in [4.69, 9.17) is 9.40 Å². The largest absolute Gasteiger partial charge is 0.421 e. The number of nitrogens with one attached hydrogen (secondary N) is 1. The third-order valence-electron chi connectivity index (χ3n) is 5.56. The second kappa shape index (κ2) is 9.97. The van der Waals surface area contributed by atoms with Crippen molar-refractivity contribution in [2.75, 3.05) is 5.43 Å². The van der Waals surface area contributed by atoms with E-state index in [-0.39, 0.29) is 0 Å². The van der Waals surface area contributed by atoms with Gasteiger partial charge in [-0.05, 0) is 58.4 Å². The number of anilines is 1. The van der Waals surface area contributed by atoms with Crippen molar-refractivity contribution in [3.63, 3.8) is 0 Å². The molecule has 37 heavy (non-hydrogen) atoms. The van der Waals surface area contributed by atoms with Crippen LogP contribution in [0.3, 0.4) is 0 Å². The number of aromatic nitrogens is 3. The van der Waals surface area contributed by atoms with Crippen molar-refractivity contribution in [3.05, 3.63) is 102 Å². The first-order valence-electron chi connectivity index (χ1n) is 10.9. The number of hydrogen-bond acceptors (Lipinski definition) is 7. The van der Waals surface area contributed by atoms with Gasteiger partial charge in [0.2, 0.25) is 5.13 Å². The van der Waals surface area contributed by atoms with Gasteiger partial charge >= 0.3 is 5.63 Å². The molecule has 0 amide bonds. The van der Waals surface area contributed by atoms with Gasteiger partial charge in [-0.25, -0.2) is 14.8 Å². The highest BCUT2D eigenvalue weighted by atomic mass is 79.9. The summed E-state index contributed by atoms with van der Waals surface area (Å²) in [4.78, 5) is 22.0. The molecule has 0 aliphatic carbocycles. The van der Waals surface area contributed by atoms with Gasteiger partial charge in [0, 0.05) is 31.5 Å². The molecule has 1 N–H and O–H groups in total. The molecule has 0 aliphatic heterocycles. The first-order chi connectivity index (χ1) is 18.0. The molecule has 0 unspecified atom stereocenters. The predicted octanol–water partition coefficient (Wildman–Crippen LogP) is 7.96. The molecule has 11 heteroatoms. The first kappa shape index (κ1) is 24.2. The van der Waals surface area contributed by atoms with Crippen LogP contribution in [-0.4, -0.2) is 20.6 Å². The smallest absolute Gasteiger partial charge is 0.345 e. The highest BCUT2D eigenvalue weighted by molar-refractivity contribution is 9.11. The number of hydrazone groups is 1. The summed E-state index contributed by atoms with van der Waals surface area (Å²) in [7, 11) is 0. The Kier molecular flexibility index (Phi) is 6.53. The van der Waals surface area contributed by atoms with Gasteiger partial charge in [0.1, 0.15) is 5.65 Å². The Hall–Kier alpha value is -3.12. The monoisotopic (exact) mass is 697 g/mol. The number of fused-ring (bicyclic) bond motifs is 2. The highest BCUT2D eigenvalue weighted by Crippen LogP contribution is 2.31. The Bertz CT molecular complexity index is 1880. The van der Waals surface area contributed by atoms with Crippen LogP contribution in [0.2, 0.25) is 0 Å². The maximum absolute atomic E-state index is 12.7. The van der Waals surface area contributed by atoms with E-state index in [0.29, 0.717) is 26.4 Å². The molecule has 0 spiro atoms. The Balaban J connectivity index is 1.31. The number of thiazole rings is 1. The van der Waals surface area contributed by atoms with Gasteiger partial charge < -0.3 is 4.42 Å². The van der Waals surface area contributed by atoms with Gasteiger partial charge in [0.15, 0.2) is 5.58 Å². The molecule has 0 bridgehead atoms. The SMILES string of the molecule is O=c1oc2c(Br)cc(Br)cc2cc1-c1csc(N/N=C/c2c(-c3ccc(Br)cc3)nc3ccccn23)n1. The zero-order chi connectivity index (χ0) is 25.5. The van der Waals surface area contributed by atoms with Gasteiger partial charge in [0.05, 0.1) is 33.3 Å². The van der Waals surface area contributed by atoms with Crippen molar-refractivity contribution < 1.29 is 4.42 Å². The zero-order valence-electron chi connectivity index (χ0n) is 18.7. The molecule has 0 saturated heterocycles. The third kappa shape index (κ3) is 4.79. The topological polar surface area (TPSA) is 84.8 Å². The molecule has 6 aromatic rings. The van der Waals surface area contributed by atoms with Crippen LogP contribution >= 0.6 is 59.1 Å². The van der Waals surface area contributed by atoms with E-state index in [1.54, 1.807) is 17.7 Å². The summed E-state index contributed by atoms with van der Waals surface area (Å²) in [5, 5.41) is 7.55. The van der Waals surface area contributed by atoms with E-state index >= 15 is 0 Å². The Morgan fingerprint density at radius 1 is 1.00 bits per heavy atom. The van der Waals surface area contributed by atoms with E-state index in [1.807, 2.05) is 65.2 Å². The maximum atomic E-state index is 12.7.